The topological polar surface area (TPSA) is 102 Å². The second kappa shape index (κ2) is 7.45. The number of benzene rings is 1. The molecule has 124 valence electrons. The largest absolute Gasteiger partial charge is 0.383 e. The minimum atomic E-state index is -1.28. The minimum absolute atomic E-state index is 0.125. The third-order valence-corrected chi connectivity index (χ3v) is 4.56. The van der Waals surface area contributed by atoms with Crippen LogP contribution in [0.4, 0.5) is 5.69 Å². The van der Waals surface area contributed by atoms with Crippen LogP contribution in [0.15, 0.2) is 35.7 Å². The lowest BCUT2D eigenvalue weighted by Crippen LogP contribution is -2.43. The summed E-state index contributed by atoms with van der Waals surface area (Å²) in [5.41, 5.74) is -0.945. The molecule has 1 atom stereocenters. The van der Waals surface area contributed by atoms with Gasteiger partial charge >= 0.3 is 11.8 Å². The van der Waals surface area contributed by atoms with Crippen LogP contribution < -0.4 is 10.6 Å². The Hall–Kier alpha value is -2.40. The Morgan fingerprint density at radius 2 is 2.12 bits per heavy atom. The number of anilines is 1. The predicted octanol–water partition coefficient (Wildman–Crippen LogP) is 2.24. The lowest BCUT2D eigenvalue weighted by Gasteiger charge is -2.22. The Labute approximate surface area is 147 Å². The monoisotopic (exact) mass is 363 g/mol. The summed E-state index contributed by atoms with van der Waals surface area (Å²) in [6, 6.07) is 9.75. The van der Waals surface area contributed by atoms with Gasteiger partial charge in [0.25, 0.3) is 0 Å². The molecule has 0 radical (unpaired) electrons. The van der Waals surface area contributed by atoms with E-state index >= 15 is 0 Å². The molecule has 8 heteroatoms. The van der Waals surface area contributed by atoms with Gasteiger partial charge in [-0.15, -0.1) is 11.3 Å². The summed E-state index contributed by atoms with van der Waals surface area (Å²) in [5.74, 6) is -1.87. The van der Waals surface area contributed by atoms with Crippen LogP contribution in [0.3, 0.4) is 0 Å². The summed E-state index contributed by atoms with van der Waals surface area (Å²) in [6.45, 7) is 1.42. The highest BCUT2D eigenvalue weighted by atomic mass is 35.5. The molecule has 2 aromatic rings. The first-order chi connectivity index (χ1) is 11.3. The van der Waals surface area contributed by atoms with Gasteiger partial charge < -0.3 is 15.7 Å². The zero-order chi connectivity index (χ0) is 17.7. The molecule has 0 aliphatic rings. The number of rotatable bonds is 4. The van der Waals surface area contributed by atoms with Crippen molar-refractivity contribution < 1.29 is 14.7 Å². The van der Waals surface area contributed by atoms with Crippen LogP contribution in [0.5, 0.6) is 0 Å². The maximum atomic E-state index is 11.9. The number of carbonyl (C=O) groups excluding carboxylic acids is 2. The highest BCUT2D eigenvalue weighted by Gasteiger charge is 2.26. The molecule has 1 unspecified atom stereocenters. The fourth-order valence-electron chi connectivity index (χ4n) is 1.90. The molecule has 0 saturated heterocycles. The number of amides is 2. The second-order valence-electron chi connectivity index (χ2n) is 5.19. The van der Waals surface area contributed by atoms with Crippen LogP contribution in [0, 0.1) is 11.3 Å². The molecule has 0 spiro atoms. The zero-order valence-corrected chi connectivity index (χ0v) is 14.2. The van der Waals surface area contributed by atoms with Gasteiger partial charge in [0.05, 0.1) is 17.8 Å². The van der Waals surface area contributed by atoms with Crippen LogP contribution >= 0.6 is 22.9 Å². The summed E-state index contributed by atoms with van der Waals surface area (Å²) in [5, 5.41) is 26.2. The molecule has 2 amide bonds. The molecule has 0 aliphatic heterocycles. The zero-order valence-electron chi connectivity index (χ0n) is 12.7. The van der Waals surface area contributed by atoms with Crippen LogP contribution in [0.1, 0.15) is 17.4 Å². The van der Waals surface area contributed by atoms with Crippen molar-refractivity contribution in [2.75, 3.05) is 11.9 Å². The van der Waals surface area contributed by atoms with Crippen molar-refractivity contribution in [3.63, 3.8) is 0 Å². The molecular formula is C16H14ClN3O3S. The predicted molar refractivity (Wildman–Crippen MR) is 91.7 cm³/mol. The summed E-state index contributed by atoms with van der Waals surface area (Å²) < 4.78 is 0. The van der Waals surface area contributed by atoms with Gasteiger partial charge in [0.1, 0.15) is 11.7 Å². The average Bonchev–Trinajstić information content (AvgIpc) is 3.08. The summed E-state index contributed by atoms with van der Waals surface area (Å²) in [6.07, 6.45) is 0. The van der Waals surface area contributed by atoms with Gasteiger partial charge in [-0.2, -0.15) is 5.26 Å². The summed E-state index contributed by atoms with van der Waals surface area (Å²) in [4.78, 5) is 24.5. The van der Waals surface area contributed by atoms with Crippen molar-refractivity contribution in [2.45, 2.75) is 12.5 Å². The van der Waals surface area contributed by atoms with Crippen LogP contribution in [0.25, 0.3) is 0 Å². The highest BCUT2D eigenvalue weighted by Crippen LogP contribution is 2.24. The van der Waals surface area contributed by atoms with E-state index in [1.54, 1.807) is 24.4 Å². The molecule has 24 heavy (non-hydrogen) atoms. The number of carbonyl (C=O) groups is 2. The van der Waals surface area contributed by atoms with E-state index in [4.69, 9.17) is 16.9 Å². The molecule has 0 fully saturated rings. The first-order valence-corrected chi connectivity index (χ1v) is 8.14. The summed E-state index contributed by atoms with van der Waals surface area (Å²) >= 11 is 7.17. The molecule has 1 aromatic heterocycles. The molecule has 6 nitrogen and oxygen atoms in total. The van der Waals surface area contributed by atoms with Crippen LogP contribution in [-0.2, 0) is 15.2 Å². The van der Waals surface area contributed by atoms with Gasteiger partial charge in [-0.05, 0) is 36.6 Å². The molecule has 1 aromatic carbocycles. The lowest BCUT2D eigenvalue weighted by molar-refractivity contribution is -0.136. The van der Waals surface area contributed by atoms with Gasteiger partial charge in [-0.25, -0.2) is 0 Å². The molecule has 0 bridgehead atoms. The number of nitrogens with one attached hydrogen (secondary N) is 2. The van der Waals surface area contributed by atoms with Gasteiger partial charge in [0.2, 0.25) is 0 Å². The summed E-state index contributed by atoms with van der Waals surface area (Å²) in [7, 11) is 0. The Bertz CT molecular complexity index is 797. The number of hydrogen-bond acceptors (Lipinski definition) is 5. The number of thiophene rings is 1. The fourth-order valence-corrected chi connectivity index (χ4v) is 2.86. The number of nitrogens with zero attached hydrogens (tertiary/aromatic N) is 1. The van der Waals surface area contributed by atoms with Gasteiger partial charge in [0, 0.05) is 9.90 Å². The molecular weight excluding hydrogens is 350 g/mol. The smallest absolute Gasteiger partial charge is 0.313 e. The van der Waals surface area contributed by atoms with Crippen molar-refractivity contribution in [1.29, 1.82) is 5.26 Å². The first-order valence-electron chi connectivity index (χ1n) is 6.88. The van der Waals surface area contributed by atoms with E-state index in [1.165, 1.54) is 29.5 Å². The fraction of sp³-hybridized carbons (Fsp3) is 0.188. The van der Waals surface area contributed by atoms with Crippen LogP contribution in [0.2, 0.25) is 5.02 Å². The van der Waals surface area contributed by atoms with E-state index < -0.39 is 17.4 Å². The third-order valence-electron chi connectivity index (χ3n) is 3.20. The van der Waals surface area contributed by atoms with Gasteiger partial charge in [-0.3, -0.25) is 9.59 Å². The SMILES string of the molecule is CC(O)(CNC(=O)C(=O)Nc1cc(Cl)ccc1C#N)c1cccs1. The Morgan fingerprint density at radius 3 is 2.75 bits per heavy atom. The molecule has 1 heterocycles. The second-order valence-corrected chi connectivity index (χ2v) is 6.57. The minimum Gasteiger partial charge on any atom is -0.383 e. The number of hydrogen-bond donors (Lipinski definition) is 3. The molecule has 2 rings (SSSR count). The van der Waals surface area contributed by atoms with Crippen molar-refractivity contribution in [3.8, 4) is 6.07 Å². The van der Waals surface area contributed by atoms with Gasteiger partial charge in [0.15, 0.2) is 0 Å². The van der Waals surface area contributed by atoms with Gasteiger partial charge in [-0.1, -0.05) is 17.7 Å². The number of aliphatic hydroxyl groups is 1. The van der Waals surface area contributed by atoms with Crippen molar-refractivity contribution in [1.82, 2.24) is 5.32 Å². The molecule has 3 N–H and O–H groups in total. The molecule has 0 aliphatic carbocycles. The Kier molecular flexibility index (Phi) is 5.57. The Morgan fingerprint density at radius 1 is 1.38 bits per heavy atom. The maximum Gasteiger partial charge on any atom is 0.313 e. The van der Waals surface area contributed by atoms with Crippen LogP contribution in [-0.4, -0.2) is 23.5 Å². The van der Waals surface area contributed by atoms with E-state index in [1.807, 2.05) is 6.07 Å². The normalized spacial score (nSPS) is 12.8. The van der Waals surface area contributed by atoms with Crippen molar-refractivity contribution >= 4 is 40.4 Å². The lowest BCUT2D eigenvalue weighted by atomic mass is 10.1. The average molecular weight is 364 g/mol. The van der Waals surface area contributed by atoms with E-state index in [0.717, 1.165) is 0 Å². The number of halogens is 1. The van der Waals surface area contributed by atoms with Crippen molar-refractivity contribution in [3.05, 3.63) is 51.2 Å². The first kappa shape index (κ1) is 17.9. The quantitative estimate of drug-likeness (QED) is 0.725. The van der Waals surface area contributed by atoms with E-state index in [-0.39, 0.29) is 17.8 Å². The molecule has 0 saturated carbocycles. The maximum absolute atomic E-state index is 11.9. The van der Waals surface area contributed by atoms with E-state index in [0.29, 0.717) is 9.90 Å². The Balaban J connectivity index is 2.00. The van der Waals surface area contributed by atoms with Crippen molar-refractivity contribution in [2.24, 2.45) is 0 Å². The number of nitriles is 1. The van der Waals surface area contributed by atoms with E-state index in [2.05, 4.69) is 10.6 Å². The highest BCUT2D eigenvalue weighted by molar-refractivity contribution is 7.10. The third kappa shape index (κ3) is 4.32. The standard InChI is InChI=1S/C16H14ClN3O3S/c1-16(23,13-3-2-6-24-13)9-19-14(21)15(22)20-12-7-11(17)5-4-10(12)8-18/h2-7,23H,9H2,1H3,(H,19,21)(H,20,22). The van der Waals surface area contributed by atoms with E-state index in [9.17, 15) is 14.7 Å².